The van der Waals surface area contributed by atoms with Crippen LogP contribution in [0.1, 0.15) is 21.6 Å². The van der Waals surface area contributed by atoms with Gasteiger partial charge >= 0.3 is 0 Å². The molecule has 2 N–H and O–H groups in total. The predicted molar refractivity (Wildman–Crippen MR) is 86.5 cm³/mol. The number of amides is 1. The maximum atomic E-state index is 12.1. The van der Waals surface area contributed by atoms with Crippen LogP contribution >= 0.6 is 0 Å². The smallest absolute Gasteiger partial charge is 0.257 e. The monoisotopic (exact) mass is 308 g/mol. The van der Waals surface area contributed by atoms with Crippen LogP contribution in [-0.4, -0.2) is 20.7 Å². The Hall–Kier alpha value is -3.15. The summed E-state index contributed by atoms with van der Waals surface area (Å²) in [6, 6.07) is 11.1. The number of aryl methyl sites for hydroxylation is 1. The Kier molecular flexibility index (Phi) is 4.05. The minimum atomic E-state index is -0.404. The molecule has 0 atom stereocenters. The van der Waals surface area contributed by atoms with Gasteiger partial charge in [-0.3, -0.25) is 9.59 Å². The van der Waals surface area contributed by atoms with Gasteiger partial charge in [0.25, 0.3) is 5.91 Å². The van der Waals surface area contributed by atoms with E-state index in [1.54, 1.807) is 17.8 Å². The largest absolute Gasteiger partial charge is 0.364 e. The summed E-state index contributed by atoms with van der Waals surface area (Å²) in [5, 5.41) is 6.99. The molecule has 0 saturated heterocycles. The molecule has 2 heterocycles. The lowest BCUT2D eigenvalue weighted by Crippen LogP contribution is -2.28. The molecular weight excluding hydrogens is 292 g/mol. The molecule has 0 aliphatic rings. The Bertz CT molecular complexity index is 881. The first-order valence-corrected chi connectivity index (χ1v) is 7.20. The third-order valence-corrected chi connectivity index (χ3v) is 3.41. The predicted octanol–water partition coefficient (Wildman–Crippen LogP) is 1.80. The van der Waals surface area contributed by atoms with E-state index in [1.165, 1.54) is 12.3 Å². The summed E-state index contributed by atoms with van der Waals surface area (Å²) in [5.74, 6) is -0.404. The molecule has 0 unspecified atom stereocenters. The average Bonchev–Trinajstić information content (AvgIpc) is 3.02. The number of rotatable bonds is 4. The third kappa shape index (κ3) is 3.37. The zero-order valence-corrected chi connectivity index (χ0v) is 12.6. The number of aromatic amines is 1. The Morgan fingerprint density at radius 2 is 2.09 bits per heavy atom. The van der Waals surface area contributed by atoms with Gasteiger partial charge in [-0.2, -0.15) is 5.10 Å². The van der Waals surface area contributed by atoms with E-state index in [4.69, 9.17) is 0 Å². The Labute approximate surface area is 132 Å². The summed E-state index contributed by atoms with van der Waals surface area (Å²) in [6.45, 7) is 2.07. The molecule has 0 saturated carbocycles. The molecule has 0 spiro atoms. The molecule has 0 bridgehead atoms. The van der Waals surface area contributed by atoms with Crippen molar-refractivity contribution in [1.29, 1.82) is 0 Å². The zero-order chi connectivity index (χ0) is 16.2. The molecule has 3 rings (SSSR count). The lowest BCUT2D eigenvalue weighted by molar-refractivity contribution is 0.0949. The second kappa shape index (κ2) is 6.31. The summed E-state index contributed by atoms with van der Waals surface area (Å²) in [5.41, 5.74) is 2.33. The number of pyridine rings is 1. The van der Waals surface area contributed by atoms with Gasteiger partial charge in [0.05, 0.1) is 11.9 Å². The van der Waals surface area contributed by atoms with E-state index in [2.05, 4.69) is 15.4 Å². The topological polar surface area (TPSA) is 79.8 Å². The van der Waals surface area contributed by atoms with E-state index in [9.17, 15) is 9.59 Å². The highest BCUT2D eigenvalue weighted by Gasteiger charge is 2.10. The van der Waals surface area contributed by atoms with Crippen molar-refractivity contribution < 1.29 is 4.79 Å². The first-order chi connectivity index (χ1) is 11.1. The number of carbonyl (C=O) groups excluding carboxylic acids is 1. The highest BCUT2D eigenvalue weighted by molar-refractivity contribution is 5.93. The van der Waals surface area contributed by atoms with Crippen molar-refractivity contribution in [2.45, 2.75) is 13.5 Å². The van der Waals surface area contributed by atoms with Gasteiger partial charge in [0.1, 0.15) is 5.56 Å². The van der Waals surface area contributed by atoms with Crippen LogP contribution in [0.3, 0.4) is 0 Å². The van der Waals surface area contributed by atoms with Crippen LogP contribution in [0.2, 0.25) is 0 Å². The first kappa shape index (κ1) is 14.8. The summed E-state index contributed by atoms with van der Waals surface area (Å²) in [7, 11) is 0. The minimum Gasteiger partial charge on any atom is -0.364 e. The lowest BCUT2D eigenvalue weighted by atomic mass is 10.2. The van der Waals surface area contributed by atoms with Gasteiger partial charge in [-0.25, -0.2) is 4.68 Å². The Morgan fingerprint density at radius 3 is 2.83 bits per heavy atom. The van der Waals surface area contributed by atoms with Gasteiger partial charge in [0, 0.05) is 36.3 Å². The van der Waals surface area contributed by atoms with Crippen LogP contribution < -0.4 is 10.7 Å². The number of para-hydroxylation sites is 1. The summed E-state index contributed by atoms with van der Waals surface area (Å²) >= 11 is 0. The molecule has 0 fully saturated rings. The molecule has 0 aliphatic carbocycles. The highest BCUT2D eigenvalue weighted by Crippen LogP contribution is 2.07. The van der Waals surface area contributed by atoms with Crippen molar-refractivity contribution in [3.05, 3.63) is 82.0 Å². The SMILES string of the molecule is Cc1cc(=O)c(C(=O)NCc2cnn(-c3ccccc3)c2)c[nH]1. The summed E-state index contributed by atoms with van der Waals surface area (Å²) in [6.07, 6.45) is 4.96. The van der Waals surface area contributed by atoms with Gasteiger partial charge in [-0.05, 0) is 19.1 Å². The zero-order valence-electron chi connectivity index (χ0n) is 12.6. The van der Waals surface area contributed by atoms with Crippen molar-refractivity contribution in [2.24, 2.45) is 0 Å². The summed E-state index contributed by atoms with van der Waals surface area (Å²) in [4.78, 5) is 26.7. The van der Waals surface area contributed by atoms with Crippen molar-refractivity contribution in [3.8, 4) is 5.69 Å². The number of carbonyl (C=O) groups is 1. The molecule has 6 nitrogen and oxygen atoms in total. The number of H-pyrrole nitrogens is 1. The third-order valence-electron chi connectivity index (χ3n) is 3.41. The molecule has 1 amide bonds. The van der Waals surface area contributed by atoms with E-state index < -0.39 is 5.91 Å². The van der Waals surface area contributed by atoms with E-state index >= 15 is 0 Å². The molecule has 23 heavy (non-hydrogen) atoms. The van der Waals surface area contributed by atoms with Crippen LogP contribution in [0, 0.1) is 6.92 Å². The first-order valence-electron chi connectivity index (χ1n) is 7.20. The molecule has 116 valence electrons. The van der Waals surface area contributed by atoms with Crippen LogP contribution in [0.15, 0.2) is 59.8 Å². The van der Waals surface area contributed by atoms with Gasteiger partial charge in [0.2, 0.25) is 0 Å². The number of hydrogen-bond acceptors (Lipinski definition) is 3. The van der Waals surface area contributed by atoms with Crippen LogP contribution in [-0.2, 0) is 6.54 Å². The number of benzene rings is 1. The number of aromatic nitrogens is 3. The van der Waals surface area contributed by atoms with Crippen LogP contribution in [0.25, 0.3) is 5.69 Å². The van der Waals surface area contributed by atoms with Crippen molar-refractivity contribution in [1.82, 2.24) is 20.1 Å². The Morgan fingerprint density at radius 1 is 1.30 bits per heavy atom. The van der Waals surface area contributed by atoms with Crippen LogP contribution in [0.4, 0.5) is 0 Å². The molecule has 0 aliphatic heterocycles. The van der Waals surface area contributed by atoms with E-state index in [-0.39, 0.29) is 11.0 Å². The normalized spacial score (nSPS) is 10.5. The molecule has 2 aromatic heterocycles. The number of hydrogen-bond donors (Lipinski definition) is 2. The Balaban J connectivity index is 1.68. The van der Waals surface area contributed by atoms with Gasteiger partial charge in [-0.15, -0.1) is 0 Å². The van der Waals surface area contributed by atoms with Gasteiger partial charge in [-0.1, -0.05) is 18.2 Å². The molecule has 6 heteroatoms. The fourth-order valence-electron chi connectivity index (χ4n) is 2.20. The van der Waals surface area contributed by atoms with Crippen molar-refractivity contribution >= 4 is 5.91 Å². The fourth-order valence-corrected chi connectivity index (χ4v) is 2.20. The molecule has 0 radical (unpaired) electrons. The molecule has 3 aromatic rings. The van der Waals surface area contributed by atoms with Crippen molar-refractivity contribution in [2.75, 3.05) is 0 Å². The summed E-state index contributed by atoms with van der Waals surface area (Å²) < 4.78 is 1.74. The standard InChI is InChI=1S/C17H16N4O2/c1-12-7-16(22)15(10-18-12)17(23)19-8-13-9-20-21(11-13)14-5-3-2-4-6-14/h2-7,9-11H,8H2,1H3,(H,18,22)(H,19,23). The molecule has 1 aromatic carbocycles. The average molecular weight is 308 g/mol. The van der Waals surface area contributed by atoms with E-state index in [1.807, 2.05) is 36.5 Å². The van der Waals surface area contributed by atoms with E-state index in [0.717, 1.165) is 16.9 Å². The number of nitrogens with one attached hydrogen (secondary N) is 2. The second-order valence-electron chi connectivity index (χ2n) is 5.21. The molecular formula is C17H16N4O2. The fraction of sp³-hybridized carbons (Fsp3) is 0.118. The van der Waals surface area contributed by atoms with Crippen LogP contribution in [0.5, 0.6) is 0 Å². The maximum Gasteiger partial charge on any atom is 0.257 e. The second-order valence-corrected chi connectivity index (χ2v) is 5.21. The number of nitrogens with zero attached hydrogens (tertiary/aromatic N) is 2. The quantitative estimate of drug-likeness (QED) is 0.771. The van der Waals surface area contributed by atoms with Gasteiger partial charge in [0.15, 0.2) is 5.43 Å². The maximum absolute atomic E-state index is 12.1. The van der Waals surface area contributed by atoms with Gasteiger partial charge < -0.3 is 10.3 Å². The van der Waals surface area contributed by atoms with Crippen molar-refractivity contribution in [3.63, 3.8) is 0 Å². The van der Waals surface area contributed by atoms with E-state index in [0.29, 0.717) is 6.54 Å². The minimum absolute atomic E-state index is 0.103. The highest BCUT2D eigenvalue weighted by atomic mass is 16.2. The lowest BCUT2D eigenvalue weighted by Gasteiger charge is -2.03.